The lowest BCUT2D eigenvalue weighted by molar-refractivity contribution is 0.935. The second-order valence-corrected chi connectivity index (χ2v) is 6.90. The zero-order valence-electron chi connectivity index (χ0n) is 9.25. The summed E-state index contributed by atoms with van der Waals surface area (Å²) in [6, 6.07) is 5.48. The van der Waals surface area contributed by atoms with E-state index in [0.717, 1.165) is 20.9 Å². The van der Waals surface area contributed by atoms with Crippen molar-refractivity contribution in [1.29, 1.82) is 0 Å². The van der Waals surface area contributed by atoms with Gasteiger partial charge in [-0.2, -0.15) is 0 Å². The Labute approximate surface area is 127 Å². The highest BCUT2D eigenvalue weighted by molar-refractivity contribution is 7.70. The van der Waals surface area contributed by atoms with E-state index in [9.17, 15) is 4.79 Å². The van der Waals surface area contributed by atoms with E-state index < -0.39 is 0 Å². The van der Waals surface area contributed by atoms with Crippen molar-refractivity contribution in [1.82, 2.24) is 0 Å². The molecule has 0 saturated carbocycles. The van der Waals surface area contributed by atoms with Gasteiger partial charge in [0.15, 0.2) is 0 Å². The highest BCUT2D eigenvalue weighted by Crippen LogP contribution is 2.33. The van der Waals surface area contributed by atoms with Gasteiger partial charge in [-0.25, -0.2) is 0 Å². The first-order valence-electron chi connectivity index (χ1n) is 4.93. The van der Waals surface area contributed by atoms with Crippen molar-refractivity contribution in [2.75, 3.05) is 11.9 Å². The Morgan fingerprint density at radius 1 is 1.17 bits per heavy atom. The van der Waals surface area contributed by atoms with Gasteiger partial charge in [0.2, 0.25) is 0 Å². The molecule has 1 heterocycles. The molecule has 0 radical (unpaired) electrons. The zero-order valence-corrected chi connectivity index (χ0v) is 13.1. The van der Waals surface area contributed by atoms with Crippen LogP contribution in [0.5, 0.6) is 0 Å². The highest BCUT2D eigenvalue weighted by atomic mass is 35.5. The topological polar surface area (TPSA) is 20.3 Å². The third kappa shape index (κ3) is 2.83. The van der Waals surface area contributed by atoms with Crippen LogP contribution in [0.2, 0.25) is 15.1 Å². The Bertz CT molecular complexity index is 623. The van der Waals surface area contributed by atoms with Crippen molar-refractivity contribution < 1.29 is 0 Å². The molecule has 0 saturated heterocycles. The second kappa shape index (κ2) is 5.80. The van der Waals surface area contributed by atoms with E-state index in [1.165, 1.54) is 10.3 Å². The first kappa shape index (κ1) is 14.2. The number of hydrogen-bond acceptors (Lipinski definition) is 4. The fraction of sp³-hybridized carbons (Fsp3) is 0.182. The molecule has 0 bridgehead atoms. The van der Waals surface area contributed by atoms with E-state index in [2.05, 4.69) is 0 Å². The second-order valence-electron chi connectivity index (χ2n) is 3.64. The van der Waals surface area contributed by atoms with E-state index in [-0.39, 0.29) is 9.77 Å². The van der Waals surface area contributed by atoms with Crippen LogP contribution in [0.4, 0.5) is 5.00 Å². The Hall–Kier alpha value is -0.260. The lowest BCUT2D eigenvalue weighted by atomic mass is 10.2. The number of benzene rings is 1. The summed E-state index contributed by atoms with van der Waals surface area (Å²) >= 11 is 18.0. The van der Waals surface area contributed by atoms with Gasteiger partial charge in [-0.3, -0.25) is 4.79 Å². The maximum atomic E-state index is 11.3. The van der Waals surface area contributed by atoms with E-state index in [1.807, 2.05) is 24.1 Å². The summed E-state index contributed by atoms with van der Waals surface area (Å²) in [5.74, 6) is 0. The van der Waals surface area contributed by atoms with Gasteiger partial charge in [-0.15, -0.1) is 0 Å². The maximum Gasteiger partial charge on any atom is 0.263 e. The van der Waals surface area contributed by atoms with Crippen molar-refractivity contribution in [2.24, 2.45) is 0 Å². The fourth-order valence-corrected chi connectivity index (χ4v) is 4.59. The molecule has 2 nitrogen and oxygen atoms in total. The Morgan fingerprint density at radius 3 is 2.50 bits per heavy atom. The molecule has 18 heavy (non-hydrogen) atoms. The van der Waals surface area contributed by atoms with Gasteiger partial charge in [0.25, 0.3) is 4.74 Å². The average Bonchev–Trinajstić information content (AvgIpc) is 2.66. The predicted octanol–water partition coefficient (Wildman–Crippen LogP) is 4.77. The highest BCUT2D eigenvalue weighted by Gasteiger charge is 2.14. The number of anilines is 1. The summed E-state index contributed by atoms with van der Waals surface area (Å²) in [5.41, 5.74) is 0.897. The van der Waals surface area contributed by atoms with Crippen LogP contribution in [0, 0.1) is 0 Å². The summed E-state index contributed by atoms with van der Waals surface area (Å²) < 4.78 is -0.110. The van der Waals surface area contributed by atoms with Gasteiger partial charge in [0.1, 0.15) is 10.0 Å². The van der Waals surface area contributed by atoms with E-state index in [0.29, 0.717) is 16.6 Å². The van der Waals surface area contributed by atoms with Crippen LogP contribution in [-0.4, -0.2) is 7.05 Å². The number of halogens is 3. The molecule has 0 fully saturated rings. The molecule has 0 aliphatic carbocycles. The smallest absolute Gasteiger partial charge is 0.263 e. The summed E-state index contributed by atoms with van der Waals surface area (Å²) in [6.07, 6.45) is 0. The SMILES string of the molecule is CN(Cc1cccc(Cl)c1Cl)c1ssc(=O)c1Cl. The lowest BCUT2D eigenvalue weighted by Crippen LogP contribution is -2.16. The maximum absolute atomic E-state index is 11.3. The minimum atomic E-state index is -0.110. The van der Waals surface area contributed by atoms with Crippen LogP contribution >= 0.6 is 55.5 Å². The number of hydrogen-bond donors (Lipinski definition) is 0. The van der Waals surface area contributed by atoms with Crippen molar-refractivity contribution in [2.45, 2.75) is 6.54 Å². The lowest BCUT2D eigenvalue weighted by Gasteiger charge is -2.18. The van der Waals surface area contributed by atoms with E-state index in [4.69, 9.17) is 34.8 Å². The Balaban J connectivity index is 2.27. The molecule has 0 spiro atoms. The standard InChI is InChI=1S/C11H8Cl3NOS2/c1-15(10-9(14)11(16)18-17-10)5-6-3-2-4-7(12)8(6)13/h2-4H,5H2,1H3. The van der Waals surface area contributed by atoms with Crippen LogP contribution in [-0.2, 0) is 6.54 Å². The summed E-state index contributed by atoms with van der Waals surface area (Å²) in [4.78, 5) is 13.2. The summed E-state index contributed by atoms with van der Waals surface area (Å²) in [5, 5.41) is 2.07. The molecule has 96 valence electrons. The van der Waals surface area contributed by atoms with Crippen molar-refractivity contribution in [3.05, 3.63) is 48.4 Å². The molecular formula is C11H8Cl3NOS2. The van der Waals surface area contributed by atoms with Gasteiger partial charge in [-0.1, -0.05) is 57.3 Å². The molecule has 1 aromatic heterocycles. The first-order chi connectivity index (χ1) is 8.50. The minimum absolute atomic E-state index is 0.110. The third-order valence-electron chi connectivity index (χ3n) is 2.35. The zero-order chi connectivity index (χ0) is 13.3. The number of rotatable bonds is 3. The molecule has 0 N–H and O–H groups in total. The quantitative estimate of drug-likeness (QED) is 0.750. The normalized spacial score (nSPS) is 10.7. The van der Waals surface area contributed by atoms with Gasteiger partial charge in [0.05, 0.1) is 10.0 Å². The molecule has 1 aromatic carbocycles. The van der Waals surface area contributed by atoms with Crippen molar-refractivity contribution >= 4 is 60.5 Å². The molecule has 7 heteroatoms. The summed E-state index contributed by atoms with van der Waals surface area (Å²) in [6.45, 7) is 0.547. The van der Waals surface area contributed by atoms with Crippen LogP contribution < -0.4 is 9.64 Å². The molecule has 0 aliphatic heterocycles. The van der Waals surface area contributed by atoms with Gasteiger partial charge in [0, 0.05) is 13.6 Å². The predicted molar refractivity (Wildman–Crippen MR) is 82.0 cm³/mol. The van der Waals surface area contributed by atoms with Crippen LogP contribution in [0.25, 0.3) is 0 Å². The molecule has 0 unspecified atom stereocenters. The molecular weight excluding hydrogens is 333 g/mol. The van der Waals surface area contributed by atoms with Gasteiger partial charge >= 0.3 is 0 Å². The fourth-order valence-electron chi connectivity index (χ4n) is 1.47. The average molecular weight is 341 g/mol. The molecule has 2 rings (SSSR count). The van der Waals surface area contributed by atoms with Crippen LogP contribution in [0.1, 0.15) is 5.56 Å². The third-order valence-corrected chi connectivity index (χ3v) is 6.07. The Kier molecular flexibility index (Phi) is 4.56. The van der Waals surface area contributed by atoms with Crippen molar-refractivity contribution in [3.63, 3.8) is 0 Å². The Morgan fingerprint density at radius 2 is 1.89 bits per heavy atom. The summed E-state index contributed by atoms with van der Waals surface area (Å²) in [7, 11) is 4.35. The monoisotopic (exact) mass is 339 g/mol. The molecule has 2 aromatic rings. The number of nitrogens with zero attached hydrogens (tertiary/aromatic N) is 1. The van der Waals surface area contributed by atoms with Gasteiger partial charge in [-0.05, 0) is 22.0 Å². The van der Waals surface area contributed by atoms with Gasteiger partial charge < -0.3 is 4.90 Å². The first-order valence-corrected chi connectivity index (χ1v) is 8.21. The van der Waals surface area contributed by atoms with Crippen LogP contribution in [0.3, 0.4) is 0 Å². The molecule has 0 amide bonds. The largest absolute Gasteiger partial charge is 0.360 e. The molecule has 0 atom stereocenters. The van der Waals surface area contributed by atoms with Crippen molar-refractivity contribution in [3.8, 4) is 0 Å². The minimum Gasteiger partial charge on any atom is -0.360 e. The van der Waals surface area contributed by atoms with E-state index >= 15 is 0 Å². The van der Waals surface area contributed by atoms with E-state index in [1.54, 1.807) is 6.07 Å². The van der Waals surface area contributed by atoms with Crippen LogP contribution in [0.15, 0.2) is 23.0 Å². The molecule has 0 aliphatic rings.